The maximum Gasteiger partial charge on any atom is 0.460 e. The number of hydrogen-bond acceptors (Lipinski definition) is 1. The summed E-state index contributed by atoms with van der Waals surface area (Å²) in [5.74, 6) is -24.5. The minimum atomic E-state index is -7.32. The Kier molecular flexibility index (Phi) is 5.34. The number of halogens is 13. The molecule has 26 heavy (non-hydrogen) atoms. The van der Waals surface area contributed by atoms with Gasteiger partial charge in [-0.15, -0.1) is 0 Å². The number of benzene rings is 1. The van der Waals surface area contributed by atoms with E-state index in [-0.39, 0.29) is 18.2 Å². The number of rotatable bonds is 4. The molecule has 1 aromatic rings. The van der Waals surface area contributed by atoms with Crippen molar-refractivity contribution in [2.24, 2.45) is 0 Å². The van der Waals surface area contributed by atoms with Crippen LogP contribution in [0.5, 0.6) is 0 Å². The van der Waals surface area contributed by atoms with Crippen molar-refractivity contribution in [3.63, 3.8) is 0 Å². The number of carbonyl (C=O) groups is 1. The predicted molar refractivity (Wildman–Crippen MR) is 61.7 cm³/mol. The fourth-order valence-electron chi connectivity index (χ4n) is 1.56. The van der Waals surface area contributed by atoms with Crippen molar-refractivity contribution in [3.05, 3.63) is 34.3 Å². The minimum absolute atomic E-state index is 0.0742. The molecule has 0 aromatic heterocycles. The molecule has 0 aliphatic rings. The van der Waals surface area contributed by atoms with Gasteiger partial charge in [0.15, 0.2) is 0 Å². The van der Waals surface area contributed by atoms with E-state index in [2.05, 4.69) is 0 Å². The Hall–Kier alpha value is -1.66. The summed E-state index contributed by atoms with van der Waals surface area (Å²) in [5, 5.41) is -1.50. The molecule has 14 heteroatoms. The van der Waals surface area contributed by atoms with Crippen LogP contribution in [0.3, 0.4) is 0 Å². The number of carbonyl (C=O) groups excluding carboxylic acids is 1. The van der Waals surface area contributed by atoms with Gasteiger partial charge in [0.25, 0.3) is 0 Å². The van der Waals surface area contributed by atoms with E-state index in [9.17, 15) is 57.5 Å². The Morgan fingerprint density at radius 1 is 0.769 bits per heavy atom. The van der Waals surface area contributed by atoms with Gasteiger partial charge in [-0.1, -0.05) is 11.6 Å². The molecule has 1 rings (SSSR count). The van der Waals surface area contributed by atoms with Gasteiger partial charge in [-0.3, -0.25) is 4.79 Å². The lowest BCUT2D eigenvalue weighted by Gasteiger charge is -2.32. The molecule has 1 nitrogen and oxygen atoms in total. The highest BCUT2D eigenvalue weighted by Gasteiger charge is 2.83. The second-order valence-corrected chi connectivity index (χ2v) is 5.15. The molecule has 0 N–H and O–H groups in total. The third kappa shape index (κ3) is 3.45. The van der Waals surface area contributed by atoms with Gasteiger partial charge in [0, 0.05) is 5.56 Å². The quantitative estimate of drug-likeness (QED) is 0.426. The first-order valence-electron chi connectivity index (χ1n) is 5.90. The zero-order valence-electron chi connectivity index (χ0n) is 11.6. The normalized spacial score (nSPS) is 14.5. The summed E-state index contributed by atoms with van der Waals surface area (Å²) in [7, 11) is 0. The third-order valence-corrected chi connectivity index (χ3v) is 3.28. The first-order valence-corrected chi connectivity index (χ1v) is 6.28. The Morgan fingerprint density at radius 3 is 1.58 bits per heavy atom. The molecule has 0 saturated heterocycles. The molecule has 0 spiro atoms. The molecule has 0 unspecified atom stereocenters. The van der Waals surface area contributed by atoms with Crippen LogP contribution in [-0.4, -0.2) is 29.7 Å². The van der Waals surface area contributed by atoms with Crippen LogP contribution in [0.15, 0.2) is 18.2 Å². The smallest absolute Gasteiger partial charge is 0.287 e. The molecule has 1 aromatic carbocycles. The Bertz CT molecular complexity index is 703. The molecule has 0 radical (unpaired) electrons. The topological polar surface area (TPSA) is 17.1 Å². The van der Waals surface area contributed by atoms with Gasteiger partial charge < -0.3 is 0 Å². The summed E-state index contributed by atoms with van der Waals surface area (Å²) in [6.45, 7) is 0. The number of ketones is 1. The maximum atomic E-state index is 13.5. The van der Waals surface area contributed by atoms with E-state index in [0.29, 0.717) is 0 Å². The van der Waals surface area contributed by atoms with Crippen molar-refractivity contribution in [1.82, 2.24) is 0 Å². The molecule has 0 bridgehead atoms. The van der Waals surface area contributed by atoms with Crippen LogP contribution < -0.4 is 0 Å². The summed E-state index contributed by atoms with van der Waals surface area (Å²) >= 11 is 5.08. The van der Waals surface area contributed by atoms with Crippen molar-refractivity contribution in [2.75, 3.05) is 0 Å². The van der Waals surface area contributed by atoms with Crippen LogP contribution in [0, 0.1) is 0 Å². The minimum Gasteiger partial charge on any atom is -0.287 e. The largest absolute Gasteiger partial charge is 0.460 e. The Balaban J connectivity index is 3.44. The molecular formula is C12H3ClF12O. The van der Waals surface area contributed by atoms with E-state index in [0.717, 1.165) is 0 Å². The number of alkyl halides is 12. The number of Topliss-reactive ketones (excluding diaryl/α,β-unsaturated/α-hetero) is 1. The third-order valence-electron chi connectivity index (χ3n) is 2.97. The zero-order valence-corrected chi connectivity index (χ0v) is 12.3. The van der Waals surface area contributed by atoms with Gasteiger partial charge in [-0.2, -0.15) is 52.7 Å². The summed E-state index contributed by atoms with van der Waals surface area (Å²) < 4.78 is 152. The lowest BCUT2D eigenvalue weighted by molar-refractivity contribution is -0.386. The second kappa shape index (κ2) is 6.20. The standard InChI is InChI=1S/C12H3ClF12O/c13-6-3-4(9(16,17)18)1-2-5(6)7(26)8(14,15)10(19,20)11(21,22)12(23,24)25/h1-3H. The molecule has 0 fully saturated rings. The summed E-state index contributed by atoms with van der Waals surface area (Å²) in [6, 6.07) is -0.386. The van der Waals surface area contributed by atoms with Crippen LogP contribution >= 0.6 is 11.6 Å². The highest BCUT2D eigenvalue weighted by Crippen LogP contribution is 2.54. The Morgan fingerprint density at radius 2 is 1.23 bits per heavy atom. The first-order chi connectivity index (χ1) is 11.3. The van der Waals surface area contributed by atoms with E-state index in [4.69, 9.17) is 11.6 Å². The average Bonchev–Trinajstić information content (AvgIpc) is 2.43. The van der Waals surface area contributed by atoms with Crippen molar-refractivity contribution in [2.45, 2.75) is 30.1 Å². The highest BCUT2D eigenvalue weighted by atomic mass is 35.5. The maximum absolute atomic E-state index is 13.5. The second-order valence-electron chi connectivity index (χ2n) is 4.74. The predicted octanol–water partition coefficient (Wildman–Crippen LogP) is 6.01. The van der Waals surface area contributed by atoms with Crippen LogP contribution in [0.25, 0.3) is 0 Å². The molecular weight excluding hydrogens is 424 g/mol. The fraction of sp³-hybridized carbons (Fsp3) is 0.417. The van der Waals surface area contributed by atoms with Crippen molar-refractivity contribution in [3.8, 4) is 0 Å². The summed E-state index contributed by atoms with van der Waals surface area (Å²) in [6.07, 6.45) is -12.2. The highest BCUT2D eigenvalue weighted by molar-refractivity contribution is 6.34. The van der Waals surface area contributed by atoms with E-state index < -0.39 is 52.1 Å². The molecule has 0 atom stereocenters. The summed E-state index contributed by atoms with van der Waals surface area (Å²) in [4.78, 5) is 11.4. The van der Waals surface area contributed by atoms with Crippen LogP contribution in [0.1, 0.15) is 15.9 Å². The van der Waals surface area contributed by atoms with Crippen LogP contribution in [-0.2, 0) is 6.18 Å². The molecule has 148 valence electrons. The van der Waals surface area contributed by atoms with E-state index >= 15 is 0 Å². The number of hydrogen-bond donors (Lipinski definition) is 0. The van der Waals surface area contributed by atoms with E-state index in [1.54, 1.807) is 0 Å². The van der Waals surface area contributed by atoms with Gasteiger partial charge in [-0.05, 0) is 18.2 Å². The zero-order chi connectivity index (χ0) is 20.9. The van der Waals surface area contributed by atoms with Gasteiger partial charge >= 0.3 is 30.1 Å². The van der Waals surface area contributed by atoms with E-state index in [1.165, 1.54) is 0 Å². The van der Waals surface area contributed by atoms with Gasteiger partial charge in [0.2, 0.25) is 5.78 Å². The molecule has 0 aliphatic carbocycles. The lowest BCUT2D eigenvalue weighted by Crippen LogP contribution is -2.63. The van der Waals surface area contributed by atoms with Gasteiger partial charge in [-0.25, -0.2) is 0 Å². The molecule has 0 amide bonds. The van der Waals surface area contributed by atoms with Gasteiger partial charge in [0.1, 0.15) is 0 Å². The molecule has 0 heterocycles. The van der Waals surface area contributed by atoms with Crippen molar-refractivity contribution < 1.29 is 57.5 Å². The van der Waals surface area contributed by atoms with Gasteiger partial charge in [0.05, 0.1) is 10.6 Å². The monoisotopic (exact) mass is 426 g/mol. The molecule has 0 saturated carbocycles. The van der Waals surface area contributed by atoms with Crippen molar-refractivity contribution >= 4 is 17.4 Å². The van der Waals surface area contributed by atoms with Crippen LogP contribution in [0.4, 0.5) is 52.7 Å². The lowest BCUT2D eigenvalue weighted by atomic mass is 9.95. The van der Waals surface area contributed by atoms with E-state index in [1.807, 2.05) is 0 Å². The SMILES string of the molecule is O=C(c1ccc(C(F)(F)F)cc1Cl)C(F)(F)C(F)(F)C(F)(F)C(F)(F)F. The van der Waals surface area contributed by atoms with Crippen LogP contribution in [0.2, 0.25) is 5.02 Å². The average molecular weight is 427 g/mol. The Labute approximate surface area is 140 Å². The fourth-order valence-corrected chi connectivity index (χ4v) is 1.83. The van der Waals surface area contributed by atoms with Crippen molar-refractivity contribution in [1.29, 1.82) is 0 Å². The first kappa shape index (κ1) is 22.4. The summed E-state index contributed by atoms with van der Waals surface area (Å²) in [5.41, 5.74) is -3.42. The molecule has 0 aliphatic heterocycles.